The van der Waals surface area contributed by atoms with E-state index in [4.69, 9.17) is 19.4 Å². The number of fused-ring (bicyclic) bond motifs is 1. The van der Waals surface area contributed by atoms with E-state index in [1.165, 1.54) is 0 Å². The molecular weight excluding hydrogens is 387 g/mol. The van der Waals surface area contributed by atoms with Gasteiger partial charge in [-0.25, -0.2) is 4.98 Å². The van der Waals surface area contributed by atoms with Gasteiger partial charge in [0.25, 0.3) is 5.91 Å². The molecule has 1 amide bonds. The van der Waals surface area contributed by atoms with Gasteiger partial charge in [0.15, 0.2) is 5.65 Å². The summed E-state index contributed by atoms with van der Waals surface area (Å²) in [6.45, 7) is 0.872. The number of hydrogen-bond donors (Lipinski definition) is 2. The van der Waals surface area contributed by atoms with Crippen LogP contribution in [-0.4, -0.2) is 46.4 Å². The summed E-state index contributed by atoms with van der Waals surface area (Å²) in [6.07, 6.45) is 3.13. The van der Waals surface area contributed by atoms with Crippen LogP contribution in [0.15, 0.2) is 60.9 Å². The molecule has 0 bridgehead atoms. The van der Waals surface area contributed by atoms with Crippen molar-refractivity contribution in [2.45, 2.75) is 0 Å². The van der Waals surface area contributed by atoms with E-state index in [1.807, 2.05) is 30.3 Å². The zero-order valence-electron chi connectivity index (χ0n) is 15.3. The van der Waals surface area contributed by atoms with Crippen LogP contribution >= 0.6 is 11.6 Å². The van der Waals surface area contributed by atoms with Crippen LogP contribution in [-0.2, 0) is 0 Å². The molecule has 0 saturated heterocycles. The number of aromatic nitrogens is 4. The number of nitrogens with zero attached hydrogens (tertiary/aromatic N) is 4. The highest BCUT2D eigenvalue weighted by atomic mass is 35.5. The van der Waals surface area contributed by atoms with Crippen molar-refractivity contribution in [3.05, 3.63) is 71.6 Å². The molecule has 0 fully saturated rings. The smallest absolute Gasteiger partial charge is 0.269 e. The van der Waals surface area contributed by atoms with Crippen molar-refractivity contribution in [2.24, 2.45) is 0 Å². The Balaban J connectivity index is 1.52. The van der Waals surface area contributed by atoms with E-state index in [2.05, 4.69) is 25.7 Å². The zero-order valence-corrected chi connectivity index (χ0v) is 16.1. The summed E-state index contributed by atoms with van der Waals surface area (Å²) in [7, 11) is 6.02. The molecule has 0 aliphatic rings. The number of pyridine rings is 1. The summed E-state index contributed by atoms with van der Waals surface area (Å²) in [5, 5.41) is 11.0. The van der Waals surface area contributed by atoms with Crippen LogP contribution in [0.2, 0.25) is 5.02 Å². The SMILES string of the molecule is [B]c1cnn2c(NCCNC(=O)c3ccccn3)cc(-c3ccccc3Cl)nc12. The number of carbonyl (C=O) groups excluding carboxylic acids is 1. The highest BCUT2D eigenvalue weighted by Gasteiger charge is 2.12. The van der Waals surface area contributed by atoms with Gasteiger partial charge in [0, 0.05) is 42.1 Å². The fraction of sp³-hybridized carbons (Fsp3) is 0.100. The quantitative estimate of drug-likeness (QED) is 0.381. The number of nitrogens with one attached hydrogen (secondary N) is 2. The normalized spacial score (nSPS) is 10.8. The Labute approximate surface area is 173 Å². The first-order valence-corrected chi connectivity index (χ1v) is 9.33. The van der Waals surface area contributed by atoms with E-state index in [0.717, 1.165) is 5.56 Å². The third-order valence-electron chi connectivity index (χ3n) is 4.26. The Morgan fingerprint density at radius 2 is 1.97 bits per heavy atom. The molecule has 2 radical (unpaired) electrons. The standard InChI is InChI=1S/C20H16BClN6O/c21-14-12-26-28-18(24-9-10-25-20(29)16-7-3-4-8-23-16)11-17(27-19(14)28)13-5-1-2-6-15(13)22/h1-8,11-12,24H,9-10H2,(H,25,29). The van der Waals surface area contributed by atoms with Crippen molar-refractivity contribution < 1.29 is 4.79 Å². The Hall–Kier alpha value is -3.39. The second kappa shape index (κ2) is 8.32. The highest BCUT2D eigenvalue weighted by Crippen LogP contribution is 2.28. The number of rotatable bonds is 6. The lowest BCUT2D eigenvalue weighted by Crippen LogP contribution is -2.29. The maximum absolute atomic E-state index is 12.1. The molecule has 0 spiro atoms. The molecular formula is C20H16BClN6O. The molecule has 0 saturated carbocycles. The van der Waals surface area contributed by atoms with Crippen molar-refractivity contribution in [3.63, 3.8) is 0 Å². The Morgan fingerprint density at radius 3 is 2.76 bits per heavy atom. The van der Waals surface area contributed by atoms with Crippen molar-refractivity contribution in [2.75, 3.05) is 18.4 Å². The molecule has 0 unspecified atom stereocenters. The van der Waals surface area contributed by atoms with Gasteiger partial charge in [0.2, 0.25) is 0 Å². The number of benzene rings is 1. The second-order valence-corrected chi connectivity index (χ2v) is 6.65. The molecule has 4 aromatic rings. The summed E-state index contributed by atoms with van der Waals surface area (Å²) in [5.74, 6) is 0.459. The lowest BCUT2D eigenvalue weighted by molar-refractivity contribution is 0.0950. The van der Waals surface area contributed by atoms with Gasteiger partial charge in [-0.05, 0) is 23.7 Å². The summed E-state index contributed by atoms with van der Waals surface area (Å²) in [4.78, 5) is 20.7. The molecule has 3 heterocycles. The monoisotopic (exact) mass is 402 g/mol. The van der Waals surface area contributed by atoms with Gasteiger partial charge in [-0.15, -0.1) is 0 Å². The fourth-order valence-electron chi connectivity index (χ4n) is 2.87. The van der Waals surface area contributed by atoms with Gasteiger partial charge in [0.05, 0.1) is 5.69 Å². The van der Waals surface area contributed by atoms with Crippen LogP contribution < -0.4 is 16.1 Å². The van der Waals surface area contributed by atoms with Crippen LogP contribution in [0.4, 0.5) is 5.82 Å². The minimum absolute atomic E-state index is 0.229. The van der Waals surface area contributed by atoms with Crippen molar-refractivity contribution in [3.8, 4) is 11.3 Å². The predicted molar refractivity (Wildman–Crippen MR) is 114 cm³/mol. The largest absolute Gasteiger partial charge is 0.368 e. The van der Waals surface area contributed by atoms with Crippen LogP contribution in [0.1, 0.15) is 10.5 Å². The number of carbonyl (C=O) groups is 1. The minimum Gasteiger partial charge on any atom is -0.368 e. The van der Waals surface area contributed by atoms with E-state index >= 15 is 0 Å². The second-order valence-electron chi connectivity index (χ2n) is 6.24. The molecule has 142 valence electrons. The third kappa shape index (κ3) is 4.07. The Morgan fingerprint density at radius 1 is 1.14 bits per heavy atom. The molecule has 0 aliphatic heterocycles. The van der Waals surface area contributed by atoms with Crippen LogP contribution in [0.25, 0.3) is 16.9 Å². The van der Waals surface area contributed by atoms with Gasteiger partial charge >= 0.3 is 0 Å². The van der Waals surface area contributed by atoms with E-state index in [1.54, 1.807) is 35.1 Å². The average molecular weight is 403 g/mol. The summed E-state index contributed by atoms with van der Waals surface area (Å²) >= 11 is 6.33. The first-order chi connectivity index (χ1) is 14.1. The molecule has 3 aromatic heterocycles. The lowest BCUT2D eigenvalue weighted by Gasteiger charge is -2.12. The molecule has 0 atom stereocenters. The average Bonchev–Trinajstić information content (AvgIpc) is 3.13. The van der Waals surface area contributed by atoms with E-state index in [-0.39, 0.29) is 5.91 Å². The zero-order chi connectivity index (χ0) is 20.2. The number of halogens is 1. The van der Waals surface area contributed by atoms with Gasteiger partial charge in [0.1, 0.15) is 19.4 Å². The van der Waals surface area contributed by atoms with Crippen LogP contribution in [0.5, 0.6) is 0 Å². The van der Waals surface area contributed by atoms with Gasteiger partial charge in [-0.2, -0.15) is 9.61 Å². The highest BCUT2D eigenvalue weighted by molar-refractivity contribution is 6.36. The van der Waals surface area contributed by atoms with Crippen LogP contribution in [0.3, 0.4) is 0 Å². The molecule has 7 nitrogen and oxygen atoms in total. The molecule has 9 heteroatoms. The number of hydrogen-bond acceptors (Lipinski definition) is 5. The van der Waals surface area contributed by atoms with Gasteiger partial charge in [-0.1, -0.05) is 35.9 Å². The Kier molecular flexibility index (Phi) is 5.44. The number of amides is 1. The first-order valence-electron chi connectivity index (χ1n) is 8.96. The maximum Gasteiger partial charge on any atom is 0.269 e. The molecule has 1 aromatic carbocycles. The van der Waals surface area contributed by atoms with E-state index in [0.29, 0.717) is 46.4 Å². The summed E-state index contributed by atoms with van der Waals surface area (Å²) in [6, 6.07) is 14.5. The summed E-state index contributed by atoms with van der Waals surface area (Å²) in [5.41, 5.74) is 2.84. The van der Waals surface area contributed by atoms with Gasteiger partial charge in [-0.3, -0.25) is 9.78 Å². The van der Waals surface area contributed by atoms with Gasteiger partial charge < -0.3 is 10.6 Å². The summed E-state index contributed by atoms with van der Waals surface area (Å²) < 4.78 is 1.62. The molecule has 29 heavy (non-hydrogen) atoms. The Bertz CT molecular complexity index is 1160. The van der Waals surface area contributed by atoms with Crippen molar-refractivity contribution in [1.82, 2.24) is 24.9 Å². The van der Waals surface area contributed by atoms with Crippen molar-refractivity contribution in [1.29, 1.82) is 0 Å². The lowest BCUT2D eigenvalue weighted by atomic mass is 10.0. The number of anilines is 1. The topological polar surface area (TPSA) is 84.2 Å². The molecule has 2 N–H and O–H groups in total. The fourth-order valence-corrected chi connectivity index (χ4v) is 3.10. The molecule has 4 rings (SSSR count). The first kappa shape index (κ1) is 19.0. The minimum atomic E-state index is -0.229. The molecule has 0 aliphatic carbocycles. The predicted octanol–water partition coefficient (Wildman–Crippen LogP) is 2.08. The van der Waals surface area contributed by atoms with Crippen molar-refractivity contribution >= 4 is 42.3 Å². The third-order valence-corrected chi connectivity index (χ3v) is 4.59. The van der Waals surface area contributed by atoms with E-state index < -0.39 is 0 Å². The van der Waals surface area contributed by atoms with Crippen LogP contribution in [0, 0.1) is 0 Å². The maximum atomic E-state index is 12.1. The van der Waals surface area contributed by atoms with E-state index in [9.17, 15) is 4.79 Å².